The number of likely N-dealkylation sites (N-methyl/N-ethyl adjacent to an activating group) is 1. The Bertz CT molecular complexity index is 371. The van der Waals surface area contributed by atoms with E-state index in [-0.39, 0.29) is 0 Å². The predicted octanol–water partition coefficient (Wildman–Crippen LogP) is 2.34. The Labute approximate surface area is 98.6 Å². The molecule has 15 heavy (non-hydrogen) atoms. The van der Waals surface area contributed by atoms with Crippen LogP contribution >= 0.6 is 15.9 Å². The summed E-state index contributed by atoms with van der Waals surface area (Å²) >= 11 is 3.34. The van der Waals surface area contributed by atoms with E-state index in [1.807, 2.05) is 25.2 Å². The zero-order valence-corrected chi connectivity index (χ0v) is 10.4. The van der Waals surface area contributed by atoms with Gasteiger partial charge in [0.2, 0.25) is 0 Å². The quantitative estimate of drug-likeness (QED) is 0.881. The van der Waals surface area contributed by atoms with Crippen LogP contribution in [-0.2, 0) is 0 Å². The Morgan fingerprint density at radius 3 is 2.87 bits per heavy atom. The molecule has 0 bridgehead atoms. The lowest BCUT2D eigenvalue weighted by molar-refractivity contribution is 0.638. The van der Waals surface area contributed by atoms with E-state index in [0.29, 0.717) is 11.6 Å². The molecule has 1 rings (SSSR count). The lowest BCUT2D eigenvalue weighted by atomic mass is 10.2. The number of nitriles is 1. The van der Waals surface area contributed by atoms with Crippen molar-refractivity contribution in [1.29, 1.82) is 5.26 Å². The molecule has 80 valence electrons. The van der Waals surface area contributed by atoms with Crippen molar-refractivity contribution in [2.75, 3.05) is 18.9 Å². The number of halogens is 1. The summed E-state index contributed by atoms with van der Waals surface area (Å²) in [6.07, 6.45) is 0. The average Bonchev–Trinajstić information content (AvgIpc) is 2.26. The van der Waals surface area contributed by atoms with Crippen LogP contribution in [0.5, 0.6) is 0 Å². The molecule has 0 amide bonds. The van der Waals surface area contributed by atoms with Crippen LogP contribution < -0.4 is 10.6 Å². The van der Waals surface area contributed by atoms with Gasteiger partial charge in [-0.05, 0) is 32.2 Å². The van der Waals surface area contributed by atoms with E-state index in [9.17, 15) is 0 Å². The maximum atomic E-state index is 8.94. The summed E-state index contributed by atoms with van der Waals surface area (Å²) in [6, 6.07) is 8.18. The molecule has 0 aromatic heterocycles. The van der Waals surface area contributed by atoms with Crippen LogP contribution in [0.3, 0.4) is 0 Å². The molecular formula is C11H14BrN3. The number of anilines is 1. The molecule has 4 heteroatoms. The molecule has 0 heterocycles. The first-order valence-corrected chi connectivity index (χ1v) is 5.57. The van der Waals surface area contributed by atoms with E-state index >= 15 is 0 Å². The third kappa shape index (κ3) is 3.54. The number of hydrogen-bond donors (Lipinski definition) is 2. The van der Waals surface area contributed by atoms with Crippen molar-refractivity contribution in [3.8, 4) is 6.07 Å². The summed E-state index contributed by atoms with van der Waals surface area (Å²) in [7, 11) is 1.92. The molecule has 1 aromatic rings. The molecule has 1 aromatic carbocycles. The normalized spacial score (nSPS) is 11.9. The fourth-order valence-electron chi connectivity index (χ4n) is 1.13. The van der Waals surface area contributed by atoms with Crippen LogP contribution in [0, 0.1) is 11.3 Å². The van der Waals surface area contributed by atoms with Gasteiger partial charge >= 0.3 is 0 Å². The Morgan fingerprint density at radius 2 is 2.27 bits per heavy atom. The average molecular weight is 268 g/mol. The van der Waals surface area contributed by atoms with E-state index in [0.717, 1.165) is 16.7 Å². The van der Waals surface area contributed by atoms with Crippen molar-refractivity contribution in [3.63, 3.8) is 0 Å². The topological polar surface area (TPSA) is 47.8 Å². The molecule has 1 unspecified atom stereocenters. The standard InChI is InChI=1S/C11H14BrN3/c1-8(14-2)7-15-11-4-3-10(12)5-9(11)6-13/h3-5,8,14-15H,7H2,1-2H3. The summed E-state index contributed by atoms with van der Waals surface area (Å²) in [6.45, 7) is 2.88. The minimum absolute atomic E-state index is 0.375. The van der Waals surface area contributed by atoms with Crippen molar-refractivity contribution in [2.45, 2.75) is 13.0 Å². The van der Waals surface area contributed by atoms with Gasteiger partial charge in [0.15, 0.2) is 0 Å². The third-order valence-corrected chi connectivity index (χ3v) is 2.69. The summed E-state index contributed by atoms with van der Waals surface area (Å²) in [5, 5.41) is 15.3. The summed E-state index contributed by atoms with van der Waals surface area (Å²) in [4.78, 5) is 0. The van der Waals surface area contributed by atoms with E-state index < -0.39 is 0 Å². The van der Waals surface area contributed by atoms with Crippen molar-refractivity contribution in [3.05, 3.63) is 28.2 Å². The fourth-order valence-corrected chi connectivity index (χ4v) is 1.49. The molecule has 0 fully saturated rings. The van der Waals surface area contributed by atoms with Gasteiger partial charge in [-0.15, -0.1) is 0 Å². The second kappa shape index (κ2) is 5.74. The highest BCUT2D eigenvalue weighted by Gasteiger charge is 2.03. The number of nitrogens with zero attached hydrogens (tertiary/aromatic N) is 1. The Kier molecular flexibility index (Phi) is 4.60. The van der Waals surface area contributed by atoms with Crippen LogP contribution in [-0.4, -0.2) is 19.6 Å². The van der Waals surface area contributed by atoms with Gasteiger partial charge in [-0.3, -0.25) is 0 Å². The van der Waals surface area contributed by atoms with E-state index in [1.54, 1.807) is 0 Å². The van der Waals surface area contributed by atoms with E-state index in [2.05, 4.69) is 39.6 Å². The zero-order chi connectivity index (χ0) is 11.3. The molecular weight excluding hydrogens is 254 g/mol. The summed E-state index contributed by atoms with van der Waals surface area (Å²) in [5.74, 6) is 0. The van der Waals surface area contributed by atoms with Crippen LogP contribution in [0.4, 0.5) is 5.69 Å². The smallest absolute Gasteiger partial charge is 0.101 e. The second-order valence-electron chi connectivity index (χ2n) is 3.37. The van der Waals surface area contributed by atoms with Gasteiger partial charge in [0.05, 0.1) is 11.3 Å². The molecule has 0 saturated heterocycles. The first kappa shape index (κ1) is 12.0. The number of benzene rings is 1. The van der Waals surface area contributed by atoms with Crippen LogP contribution in [0.25, 0.3) is 0 Å². The van der Waals surface area contributed by atoms with E-state index in [1.165, 1.54) is 0 Å². The lowest BCUT2D eigenvalue weighted by Gasteiger charge is -2.13. The molecule has 0 aliphatic heterocycles. The molecule has 0 aliphatic carbocycles. The summed E-state index contributed by atoms with van der Waals surface area (Å²) < 4.78 is 0.922. The predicted molar refractivity (Wildman–Crippen MR) is 65.9 cm³/mol. The first-order chi connectivity index (χ1) is 7.17. The number of nitrogens with one attached hydrogen (secondary N) is 2. The van der Waals surface area contributed by atoms with Gasteiger partial charge in [0.1, 0.15) is 6.07 Å². The maximum absolute atomic E-state index is 8.94. The van der Waals surface area contributed by atoms with Crippen LogP contribution in [0.1, 0.15) is 12.5 Å². The largest absolute Gasteiger partial charge is 0.382 e. The highest BCUT2D eigenvalue weighted by molar-refractivity contribution is 9.10. The number of hydrogen-bond acceptors (Lipinski definition) is 3. The molecule has 0 aliphatic rings. The summed E-state index contributed by atoms with van der Waals surface area (Å²) in [5.41, 5.74) is 1.54. The fraction of sp³-hybridized carbons (Fsp3) is 0.364. The monoisotopic (exact) mass is 267 g/mol. The minimum Gasteiger partial charge on any atom is -0.382 e. The van der Waals surface area contributed by atoms with Gasteiger partial charge < -0.3 is 10.6 Å². The van der Waals surface area contributed by atoms with Gasteiger partial charge in [-0.1, -0.05) is 15.9 Å². The molecule has 1 atom stereocenters. The highest BCUT2D eigenvalue weighted by Crippen LogP contribution is 2.19. The molecule has 2 N–H and O–H groups in total. The molecule has 0 saturated carbocycles. The van der Waals surface area contributed by atoms with Gasteiger partial charge in [0.25, 0.3) is 0 Å². The maximum Gasteiger partial charge on any atom is 0.101 e. The molecule has 0 spiro atoms. The Morgan fingerprint density at radius 1 is 1.53 bits per heavy atom. The van der Waals surface area contributed by atoms with Crippen LogP contribution in [0.2, 0.25) is 0 Å². The Hall–Kier alpha value is -1.05. The van der Waals surface area contributed by atoms with Crippen LogP contribution in [0.15, 0.2) is 22.7 Å². The van der Waals surface area contributed by atoms with Crippen molar-refractivity contribution >= 4 is 21.6 Å². The lowest BCUT2D eigenvalue weighted by Crippen LogP contribution is -2.29. The van der Waals surface area contributed by atoms with Crippen molar-refractivity contribution in [1.82, 2.24) is 5.32 Å². The third-order valence-electron chi connectivity index (χ3n) is 2.19. The van der Waals surface area contributed by atoms with Gasteiger partial charge in [-0.25, -0.2) is 0 Å². The number of rotatable bonds is 4. The van der Waals surface area contributed by atoms with E-state index in [4.69, 9.17) is 5.26 Å². The Balaban J connectivity index is 2.73. The molecule has 3 nitrogen and oxygen atoms in total. The van der Waals surface area contributed by atoms with Crippen molar-refractivity contribution in [2.24, 2.45) is 0 Å². The minimum atomic E-state index is 0.375. The highest BCUT2D eigenvalue weighted by atomic mass is 79.9. The second-order valence-corrected chi connectivity index (χ2v) is 4.29. The first-order valence-electron chi connectivity index (χ1n) is 4.78. The SMILES string of the molecule is CNC(C)CNc1ccc(Br)cc1C#N. The van der Waals surface area contributed by atoms with Gasteiger partial charge in [-0.2, -0.15) is 5.26 Å². The molecule has 0 radical (unpaired) electrons. The van der Waals surface area contributed by atoms with Gasteiger partial charge in [0, 0.05) is 17.1 Å². The zero-order valence-electron chi connectivity index (χ0n) is 8.84. The van der Waals surface area contributed by atoms with Crippen molar-refractivity contribution < 1.29 is 0 Å².